The van der Waals surface area contributed by atoms with E-state index in [1.807, 2.05) is 20.8 Å². The average Bonchev–Trinajstić information content (AvgIpc) is 2.36. The van der Waals surface area contributed by atoms with Gasteiger partial charge in [-0.1, -0.05) is 11.6 Å². The number of hydrogen-bond acceptors (Lipinski definition) is 3. The fourth-order valence-electron chi connectivity index (χ4n) is 2.36. The second-order valence-corrected chi connectivity index (χ2v) is 4.89. The SMILES string of the molecule is Cc1c(C)c(C2CNCCO2)c(C)c(Cl)c1O. The molecule has 1 saturated heterocycles. The van der Waals surface area contributed by atoms with E-state index in [0.29, 0.717) is 11.6 Å². The molecule has 1 aliphatic heterocycles. The second-order valence-electron chi connectivity index (χ2n) is 4.51. The van der Waals surface area contributed by atoms with Gasteiger partial charge in [0.05, 0.1) is 17.7 Å². The number of aromatic hydroxyl groups is 1. The van der Waals surface area contributed by atoms with Crippen LogP contribution < -0.4 is 5.32 Å². The summed E-state index contributed by atoms with van der Waals surface area (Å²) in [5.41, 5.74) is 3.93. The molecule has 17 heavy (non-hydrogen) atoms. The molecule has 0 amide bonds. The van der Waals surface area contributed by atoms with Gasteiger partial charge in [0.2, 0.25) is 0 Å². The van der Waals surface area contributed by atoms with Gasteiger partial charge in [0.1, 0.15) is 5.75 Å². The molecule has 94 valence electrons. The highest BCUT2D eigenvalue weighted by molar-refractivity contribution is 6.33. The Kier molecular flexibility index (Phi) is 3.61. The first-order valence-electron chi connectivity index (χ1n) is 5.84. The number of hydrogen-bond donors (Lipinski definition) is 2. The first-order valence-corrected chi connectivity index (χ1v) is 6.22. The second kappa shape index (κ2) is 4.84. The van der Waals surface area contributed by atoms with Gasteiger partial charge < -0.3 is 15.2 Å². The van der Waals surface area contributed by atoms with E-state index in [-0.39, 0.29) is 11.9 Å². The Morgan fingerprint density at radius 1 is 1.24 bits per heavy atom. The molecule has 2 rings (SSSR count). The van der Waals surface area contributed by atoms with Gasteiger partial charge in [-0.25, -0.2) is 0 Å². The van der Waals surface area contributed by atoms with Crippen molar-refractivity contribution in [3.63, 3.8) is 0 Å². The molecular weight excluding hydrogens is 238 g/mol. The van der Waals surface area contributed by atoms with Crippen molar-refractivity contribution in [2.24, 2.45) is 0 Å². The van der Waals surface area contributed by atoms with Crippen LogP contribution in [0, 0.1) is 20.8 Å². The van der Waals surface area contributed by atoms with Crippen molar-refractivity contribution in [3.8, 4) is 5.75 Å². The molecule has 1 aromatic carbocycles. The van der Waals surface area contributed by atoms with E-state index in [0.717, 1.165) is 35.3 Å². The Balaban J connectivity index is 2.52. The number of morpholine rings is 1. The molecule has 0 bridgehead atoms. The van der Waals surface area contributed by atoms with Crippen molar-refractivity contribution in [1.29, 1.82) is 0 Å². The van der Waals surface area contributed by atoms with Crippen LogP contribution in [0.1, 0.15) is 28.4 Å². The lowest BCUT2D eigenvalue weighted by Crippen LogP contribution is -2.34. The molecule has 1 aliphatic rings. The molecule has 2 N–H and O–H groups in total. The van der Waals surface area contributed by atoms with E-state index in [9.17, 15) is 5.11 Å². The summed E-state index contributed by atoms with van der Waals surface area (Å²) >= 11 is 6.15. The van der Waals surface area contributed by atoms with Gasteiger partial charge in [-0.2, -0.15) is 0 Å². The molecule has 0 aromatic heterocycles. The van der Waals surface area contributed by atoms with Gasteiger partial charge in [-0.15, -0.1) is 0 Å². The molecular formula is C13H18ClNO2. The molecule has 1 atom stereocenters. The fraction of sp³-hybridized carbons (Fsp3) is 0.538. The normalized spacial score (nSPS) is 20.6. The molecule has 0 aliphatic carbocycles. The van der Waals surface area contributed by atoms with Gasteiger partial charge in [0.25, 0.3) is 0 Å². The molecule has 1 fully saturated rings. The van der Waals surface area contributed by atoms with E-state index in [1.165, 1.54) is 0 Å². The summed E-state index contributed by atoms with van der Waals surface area (Å²) in [6, 6.07) is 0. The third-order valence-electron chi connectivity index (χ3n) is 3.51. The number of nitrogens with one attached hydrogen (secondary N) is 1. The number of ether oxygens (including phenoxy) is 1. The third-order valence-corrected chi connectivity index (χ3v) is 3.97. The number of phenols is 1. The number of halogens is 1. The van der Waals surface area contributed by atoms with Gasteiger partial charge >= 0.3 is 0 Å². The minimum Gasteiger partial charge on any atom is -0.506 e. The van der Waals surface area contributed by atoms with Gasteiger partial charge in [-0.3, -0.25) is 0 Å². The van der Waals surface area contributed by atoms with Crippen LogP contribution in [-0.2, 0) is 4.74 Å². The largest absolute Gasteiger partial charge is 0.506 e. The fourth-order valence-corrected chi connectivity index (χ4v) is 2.60. The van der Waals surface area contributed by atoms with Crippen molar-refractivity contribution < 1.29 is 9.84 Å². The Morgan fingerprint density at radius 3 is 2.53 bits per heavy atom. The standard InChI is InChI=1S/C13H18ClNO2/c1-7-8(2)13(16)12(14)9(3)11(7)10-6-15-4-5-17-10/h10,15-16H,4-6H2,1-3H3. The monoisotopic (exact) mass is 255 g/mol. The first-order chi connectivity index (χ1) is 8.04. The Labute approximate surface area is 107 Å². The first kappa shape index (κ1) is 12.7. The predicted molar refractivity (Wildman–Crippen MR) is 68.9 cm³/mol. The van der Waals surface area contributed by atoms with Crippen LogP contribution in [0.3, 0.4) is 0 Å². The van der Waals surface area contributed by atoms with Crippen LogP contribution in [0.15, 0.2) is 0 Å². The lowest BCUT2D eigenvalue weighted by atomic mass is 9.93. The summed E-state index contributed by atoms with van der Waals surface area (Å²) in [6.45, 7) is 8.21. The highest BCUT2D eigenvalue weighted by Crippen LogP contribution is 2.39. The molecule has 4 heteroatoms. The lowest BCUT2D eigenvalue weighted by Gasteiger charge is -2.28. The number of phenolic OH excluding ortho intramolecular Hbond substituents is 1. The summed E-state index contributed by atoms with van der Waals surface area (Å²) in [7, 11) is 0. The maximum absolute atomic E-state index is 9.90. The molecule has 1 heterocycles. The van der Waals surface area contributed by atoms with Crippen LogP contribution in [-0.4, -0.2) is 24.8 Å². The van der Waals surface area contributed by atoms with Crippen molar-refractivity contribution in [2.45, 2.75) is 26.9 Å². The molecule has 0 saturated carbocycles. The minimum absolute atomic E-state index is 0.0283. The van der Waals surface area contributed by atoms with Crippen LogP contribution in [0.25, 0.3) is 0 Å². The van der Waals surface area contributed by atoms with Crippen molar-refractivity contribution in [1.82, 2.24) is 5.32 Å². The van der Waals surface area contributed by atoms with E-state index in [1.54, 1.807) is 0 Å². The highest BCUT2D eigenvalue weighted by Gasteiger charge is 2.24. The Bertz CT molecular complexity index is 411. The molecule has 0 spiro atoms. The zero-order valence-corrected chi connectivity index (χ0v) is 11.2. The van der Waals surface area contributed by atoms with Gasteiger partial charge in [0.15, 0.2) is 0 Å². The Hall–Kier alpha value is -0.770. The quantitative estimate of drug-likeness (QED) is 0.811. The number of benzene rings is 1. The molecule has 3 nitrogen and oxygen atoms in total. The summed E-state index contributed by atoms with van der Waals surface area (Å²) in [4.78, 5) is 0. The topological polar surface area (TPSA) is 41.5 Å². The zero-order chi connectivity index (χ0) is 12.6. The van der Waals surface area contributed by atoms with E-state index < -0.39 is 0 Å². The average molecular weight is 256 g/mol. The van der Waals surface area contributed by atoms with E-state index >= 15 is 0 Å². The van der Waals surface area contributed by atoms with Gasteiger partial charge in [0, 0.05) is 13.1 Å². The lowest BCUT2D eigenvalue weighted by molar-refractivity contribution is 0.0269. The molecule has 1 unspecified atom stereocenters. The highest BCUT2D eigenvalue weighted by atomic mass is 35.5. The van der Waals surface area contributed by atoms with Crippen molar-refractivity contribution in [3.05, 3.63) is 27.3 Å². The summed E-state index contributed by atoms with van der Waals surface area (Å²) in [5, 5.41) is 13.7. The minimum atomic E-state index is 0.0283. The summed E-state index contributed by atoms with van der Waals surface area (Å²) in [6.07, 6.45) is 0.0283. The smallest absolute Gasteiger partial charge is 0.137 e. The van der Waals surface area contributed by atoms with Crippen LogP contribution >= 0.6 is 11.6 Å². The Morgan fingerprint density at radius 2 is 1.94 bits per heavy atom. The molecule has 0 radical (unpaired) electrons. The predicted octanol–water partition coefficient (Wildman–Crippen LogP) is 2.63. The van der Waals surface area contributed by atoms with Crippen LogP contribution in [0.2, 0.25) is 5.02 Å². The summed E-state index contributed by atoms with van der Waals surface area (Å²) < 4.78 is 5.77. The zero-order valence-electron chi connectivity index (χ0n) is 10.4. The maximum atomic E-state index is 9.90. The maximum Gasteiger partial charge on any atom is 0.137 e. The van der Waals surface area contributed by atoms with Crippen molar-refractivity contribution >= 4 is 11.6 Å². The van der Waals surface area contributed by atoms with E-state index in [2.05, 4.69) is 5.32 Å². The van der Waals surface area contributed by atoms with Crippen LogP contribution in [0.5, 0.6) is 5.75 Å². The van der Waals surface area contributed by atoms with Crippen LogP contribution in [0.4, 0.5) is 0 Å². The van der Waals surface area contributed by atoms with Crippen molar-refractivity contribution in [2.75, 3.05) is 19.7 Å². The van der Waals surface area contributed by atoms with E-state index in [4.69, 9.17) is 16.3 Å². The number of rotatable bonds is 1. The third kappa shape index (κ3) is 2.15. The summed E-state index contributed by atoms with van der Waals surface area (Å²) in [5.74, 6) is 0.189. The van der Waals surface area contributed by atoms with Gasteiger partial charge in [-0.05, 0) is 43.0 Å². The molecule has 1 aromatic rings.